The summed E-state index contributed by atoms with van der Waals surface area (Å²) in [5.74, 6) is -3.81. The molecule has 1 aromatic carbocycles. The highest BCUT2D eigenvalue weighted by Crippen LogP contribution is 2.45. The number of ether oxygens (including phenoxy) is 1. The Balaban J connectivity index is 2.29. The minimum atomic E-state index is -1.14. The zero-order valence-corrected chi connectivity index (χ0v) is 11.0. The molecule has 0 N–H and O–H groups in total. The second kappa shape index (κ2) is 4.26. The highest BCUT2D eigenvalue weighted by molar-refractivity contribution is 6.12. The van der Waals surface area contributed by atoms with Gasteiger partial charge in [0.05, 0.1) is 17.6 Å². The minimum Gasteiger partial charge on any atom is -0.483 e. The first-order valence-electron chi connectivity index (χ1n) is 6.40. The van der Waals surface area contributed by atoms with E-state index in [1.807, 2.05) is 6.92 Å². The molecule has 0 amide bonds. The van der Waals surface area contributed by atoms with Crippen molar-refractivity contribution in [3.63, 3.8) is 0 Å². The van der Waals surface area contributed by atoms with Gasteiger partial charge in [-0.1, -0.05) is 0 Å². The van der Waals surface area contributed by atoms with Crippen molar-refractivity contribution >= 4 is 17.8 Å². The van der Waals surface area contributed by atoms with E-state index in [4.69, 9.17) is 4.74 Å². The molecular formula is C14H13F2NO3. The van der Waals surface area contributed by atoms with Gasteiger partial charge in [-0.2, -0.15) is 4.39 Å². The SMILES string of the molecule is CC1Oc2c(F)c(F)cc3c2N(CC(C=O)C3=O)C1C. The van der Waals surface area contributed by atoms with Gasteiger partial charge in [0.1, 0.15) is 12.4 Å². The molecule has 0 spiro atoms. The Morgan fingerprint density at radius 1 is 1.40 bits per heavy atom. The van der Waals surface area contributed by atoms with Crippen LogP contribution in [0.25, 0.3) is 0 Å². The fourth-order valence-corrected chi connectivity index (χ4v) is 2.77. The summed E-state index contributed by atoms with van der Waals surface area (Å²) in [6.07, 6.45) is 0.186. The van der Waals surface area contributed by atoms with Gasteiger partial charge in [-0.3, -0.25) is 4.79 Å². The predicted octanol–water partition coefficient (Wildman–Crippen LogP) is 1.95. The van der Waals surface area contributed by atoms with Crippen LogP contribution in [0.1, 0.15) is 24.2 Å². The maximum Gasteiger partial charge on any atom is 0.202 e. The lowest BCUT2D eigenvalue weighted by atomic mass is 9.88. The number of ketones is 1. The Kier molecular flexibility index (Phi) is 2.77. The van der Waals surface area contributed by atoms with Gasteiger partial charge in [-0.25, -0.2) is 4.39 Å². The smallest absolute Gasteiger partial charge is 0.202 e. The van der Waals surface area contributed by atoms with E-state index in [9.17, 15) is 18.4 Å². The van der Waals surface area contributed by atoms with Crippen LogP contribution in [0.2, 0.25) is 0 Å². The number of nitrogens with zero attached hydrogens (tertiary/aromatic N) is 1. The van der Waals surface area contributed by atoms with Gasteiger partial charge in [0.15, 0.2) is 17.3 Å². The van der Waals surface area contributed by atoms with Crippen molar-refractivity contribution in [2.75, 3.05) is 11.4 Å². The third-order valence-corrected chi connectivity index (χ3v) is 4.07. The fourth-order valence-electron chi connectivity index (χ4n) is 2.77. The minimum absolute atomic E-state index is 0.0148. The monoisotopic (exact) mass is 281 g/mol. The quantitative estimate of drug-likeness (QED) is 0.583. The molecule has 0 fully saturated rings. The van der Waals surface area contributed by atoms with Crippen LogP contribution in [0.4, 0.5) is 14.5 Å². The maximum atomic E-state index is 13.9. The van der Waals surface area contributed by atoms with E-state index in [0.29, 0.717) is 6.29 Å². The average Bonchev–Trinajstić information content (AvgIpc) is 2.43. The first-order valence-corrected chi connectivity index (χ1v) is 6.40. The molecule has 0 saturated heterocycles. The lowest BCUT2D eigenvalue weighted by Crippen LogP contribution is -2.53. The van der Waals surface area contributed by atoms with Crippen LogP contribution in [-0.4, -0.2) is 30.8 Å². The molecule has 3 rings (SSSR count). The van der Waals surface area contributed by atoms with Crippen LogP contribution in [0.5, 0.6) is 5.75 Å². The van der Waals surface area contributed by atoms with Crippen molar-refractivity contribution < 1.29 is 23.1 Å². The normalized spacial score (nSPS) is 27.9. The second-order valence-corrected chi connectivity index (χ2v) is 5.22. The molecule has 0 radical (unpaired) electrons. The number of rotatable bonds is 1. The average molecular weight is 281 g/mol. The summed E-state index contributed by atoms with van der Waals surface area (Å²) in [5, 5.41) is 0. The molecule has 3 unspecified atom stereocenters. The predicted molar refractivity (Wildman–Crippen MR) is 67.1 cm³/mol. The Hall–Kier alpha value is -1.98. The van der Waals surface area contributed by atoms with E-state index in [2.05, 4.69) is 0 Å². The standard InChI is InChI=1S/C14H13F2NO3/c1-6-7(2)20-14-11(16)10(15)3-9-12(14)17(6)4-8(5-18)13(9)19/h3,5-8H,4H2,1-2H3. The van der Waals surface area contributed by atoms with Gasteiger partial charge >= 0.3 is 0 Å². The molecule has 6 heteroatoms. The second-order valence-electron chi connectivity index (χ2n) is 5.22. The number of anilines is 1. The molecule has 2 aliphatic rings. The van der Waals surface area contributed by atoms with Gasteiger partial charge in [-0.15, -0.1) is 0 Å². The Morgan fingerprint density at radius 2 is 2.10 bits per heavy atom. The molecule has 1 aromatic rings. The lowest BCUT2D eigenvalue weighted by Gasteiger charge is -2.44. The number of carbonyl (C=O) groups is 2. The van der Waals surface area contributed by atoms with Crippen LogP contribution in [0.15, 0.2) is 6.07 Å². The lowest BCUT2D eigenvalue weighted by molar-refractivity contribution is -0.109. The molecule has 2 aliphatic heterocycles. The van der Waals surface area contributed by atoms with E-state index in [1.165, 1.54) is 0 Å². The molecule has 0 saturated carbocycles. The topological polar surface area (TPSA) is 46.6 Å². The molecule has 3 atom stereocenters. The summed E-state index contributed by atoms with van der Waals surface area (Å²) < 4.78 is 32.9. The summed E-state index contributed by atoms with van der Waals surface area (Å²) in [4.78, 5) is 24.9. The summed E-state index contributed by atoms with van der Waals surface area (Å²) >= 11 is 0. The first-order chi connectivity index (χ1) is 9.45. The third kappa shape index (κ3) is 1.57. The molecule has 0 bridgehead atoms. The van der Waals surface area contributed by atoms with Crippen LogP contribution >= 0.6 is 0 Å². The number of hydrogen-bond acceptors (Lipinski definition) is 4. The summed E-state index contributed by atoms with van der Waals surface area (Å²) in [7, 11) is 0. The van der Waals surface area contributed by atoms with E-state index in [1.54, 1.807) is 11.8 Å². The van der Waals surface area contributed by atoms with Crippen molar-refractivity contribution in [2.45, 2.75) is 26.0 Å². The molecule has 106 valence electrons. The number of aldehydes is 1. The molecule has 2 heterocycles. The van der Waals surface area contributed by atoms with E-state index in [-0.39, 0.29) is 35.7 Å². The zero-order valence-electron chi connectivity index (χ0n) is 11.0. The molecule has 0 aromatic heterocycles. The van der Waals surface area contributed by atoms with Crippen LogP contribution in [0.3, 0.4) is 0 Å². The number of benzene rings is 1. The summed E-state index contributed by atoms with van der Waals surface area (Å²) in [6, 6.07) is 0.715. The van der Waals surface area contributed by atoms with E-state index < -0.39 is 23.3 Å². The third-order valence-electron chi connectivity index (χ3n) is 4.07. The maximum absolute atomic E-state index is 13.9. The number of carbonyl (C=O) groups excluding carboxylic acids is 2. The first kappa shape index (κ1) is 13.0. The zero-order chi connectivity index (χ0) is 14.6. The Labute approximate surface area is 114 Å². The Bertz CT molecular complexity index is 617. The van der Waals surface area contributed by atoms with Gasteiger partial charge in [0, 0.05) is 12.1 Å². The molecular weight excluding hydrogens is 268 g/mol. The van der Waals surface area contributed by atoms with Crippen LogP contribution < -0.4 is 9.64 Å². The summed E-state index contributed by atoms with van der Waals surface area (Å²) in [6.45, 7) is 3.77. The number of Topliss-reactive ketones (excluding diaryl/α,β-unsaturated/α-hetero) is 1. The van der Waals surface area contributed by atoms with Gasteiger partial charge in [0.2, 0.25) is 5.82 Å². The summed E-state index contributed by atoms with van der Waals surface area (Å²) in [5.41, 5.74) is 0.276. The van der Waals surface area contributed by atoms with Gasteiger partial charge in [0.25, 0.3) is 0 Å². The van der Waals surface area contributed by atoms with E-state index >= 15 is 0 Å². The van der Waals surface area contributed by atoms with Crippen molar-refractivity contribution in [1.82, 2.24) is 0 Å². The molecule has 20 heavy (non-hydrogen) atoms. The number of halogens is 2. The van der Waals surface area contributed by atoms with Crippen molar-refractivity contribution in [3.05, 3.63) is 23.3 Å². The van der Waals surface area contributed by atoms with Gasteiger partial charge in [-0.05, 0) is 19.9 Å². The number of hydrogen-bond donors (Lipinski definition) is 0. The highest BCUT2D eigenvalue weighted by atomic mass is 19.2. The van der Waals surface area contributed by atoms with Crippen molar-refractivity contribution in [1.29, 1.82) is 0 Å². The Morgan fingerprint density at radius 3 is 2.75 bits per heavy atom. The highest BCUT2D eigenvalue weighted by Gasteiger charge is 2.42. The molecule has 0 aliphatic carbocycles. The van der Waals surface area contributed by atoms with E-state index in [0.717, 1.165) is 6.07 Å². The van der Waals surface area contributed by atoms with Crippen LogP contribution in [-0.2, 0) is 4.79 Å². The fraction of sp³-hybridized carbons (Fsp3) is 0.429. The molecule has 4 nitrogen and oxygen atoms in total. The van der Waals surface area contributed by atoms with Crippen molar-refractivity contribution in [2.24, 2.45) is 5.92 Å². The van der Waals surface area contributed by atoms with Crippen molar-refractivity contribution in [3.8, 4) is 5.75 Å². The largest absolute Gasteiger partial charge is 0.483 e. The van der Waals surface area contributed by atoms with Gasteiger partial charge < -0.3 is 14.4 Å². The van der Waals surface area contributed by atoms with Crippen LogP contribution in [0, 0.1) is 17.6 Å².